The van der Waals surface area contributed by atoms with E-state index in [4.69, 9.17) is 4.42 Å². The molecule has 0 atom stereocenters. The van der Waals surface area contributed by atoms with Gasteiger partial charge in [0.25, 0.3) is 5.91 Å². The normalized spacial score (nSPS) is 10.7. The molecule has 3 aromatic heterocycles. The molecule has 0 saturated carbocycles. The zero-order chi connectivity index (χ0) is 21.2. The minimum absolute atomic E-state index is 0.328. The first-order chi connectivity index (χ1) is 15.2. The summed E-state index contributed by atoms with van der Waals surface area (Å²) in [6.07, 6.45) is 3.22. The number of nitriles is 1. The molecule has 7 heteroatoms. The van der Waals surface area contributed by atoms with Crippen molar-refractivity contribution in [2.75, 3.05) is 5.43 Å². The van der Waals surface area contributed by atoms with Crippen molar-refractivity contribution in [3.05, 3.63) is 96.4 Å². The van der Waals surface area contributed by atoms with Crippen molar-refractivity contribution >= 4 is 16.8 Å². The highest BCUT2D eigenvalue weighted by Crippen LogP contribution is 2.26. The second-order valence-electron chi connectivity index (χ2n) is 6.83. The van der Waals surface area contributed by atoms with Gasteiger partial charge in [0.15, 0.2) is 5.76 Å². The van der Waals surface area contributed by atoms with E-state index in [1.165, 1.54) is 4.79 Å². The highest BCUT2D eigenvalue weighted by molar-refractivity contribution is 6.10. The Hall–Kier alpha value is -4.70. The Morgan fingerprint density at radius 1 is 1.00 bits per heavy atom. The van der Waals surface area contributed by atoms with Crippen molar-refractivity contribution < 1.29 is 9.21 Å². The van der Waals surface area contributed by atoms with Gasteiger partial charge in [-0.1, -0.05) is 30.3 Å². The molecule has 0 unspecified atom stereocenters. The van der Waals surface area contributed by atoms with E-state index in [9.17, 15) is 10.1 Å². The van der Waals surface area contributed by atoms with E-state index in [-0.39, 0.29) is 5.91 Å². The number of pyridine rings is 1. The fourth-order valence-electron chi connectivity index (χ4n) is 3.37. The number of para-hydroxylation sites is 1. The summed E-state index contributed by atoms with van der Waals surface area (Å²) >= 11 is 0. The summed E-state index contributed by atoms with van der Waals surface area (Å²) < 4.78 is 5.34. The summed E-state index contributed by atoms with van der Waals surface area (Å²) in [5.41, 5.74) is 6.43. The second kappa shape index (κ2) is 7.61. The van der Waals surface area contributed by atoms with E-state index in [2.05, 4.69) is 21.6 Å². The predicted molar refractivity (Wildman–Crippen MR) is 116 cm³/mol. The van der Waals surface area contributed by atoms with Gasteiger partial charge in [-0.3, -0.25) is 4.79 Å². The number of hydrogen-bond acceptors (Lipinski definition) is 5. The van der Waals surface area contributed by atoms with Crippen LogP contribution in [0.3, 0.4) is 0 Å². The van der Waals surface area contributed by atoms with E-state index in [1.54, 1.807) is 54.9 Å². The lowest BCUT2D eigenvalue weighted by molar-refractivity contribution is 0.101. The average molecular weight is 405 g/mol. The van der Waals surface area contributed by atoms with Gasteiger partial charge < -0.3 is 4.42 Å². The Kier molecular flexibility index (Phi) is 4.50. The van der Waals surface area contributed by atoms with E-state index in [0.29, 0.717) is 33.8 Å². The third kappa shape index (κ3) is 3.54. The van der Waals surface area contributed by atoms with Crippen LogP contribution >= 0.6 is 0 Å². The lowest BCUT2D eigenvalue weighted by atomic mass is 10.0. The van der Waals surface area contributed by atoms with Crippen LogP contribution in [0.15, 0.2) is 89.7 Å². The minimum Gasteiger partial charge on any atom is -0.463 e. The number of aromatic nitrogens is 3. The van der Waals surface area contributed by atoms with E-state index >= 15 is 0 Å². The molecule has 0 bridgehead atoms. The Bertz CT molecular complexity index is 1440. The molecule has 0 spiro atoms. The van der Waals surface area contributed by atoms with Crippen molar-refractivity contribution in [3.63, 3.8) is 0 Å². The number of rotatable bonds is 4. The molecule has 0 aliphatic rings. The zero-order valence-corrected chi connectivity index (χ0v) is 16.2. The van der Waals surface area contributed by atoms with Gasteiger partial charge in [0.2, 0.25) is 0 Å². The number of hydrogen-bond donors (Lipinski definition) is 1. The van der Waals surface area contributed by atoms with Crippen LogP contribution in [-0.2, 0) is 0 Å². The molecule has 0 saturated heterocycles. The molecule has 0 aliphatic carbocycles. The molecule has 1 N–H and O–H groups in total. The molecular weight excluding hydrogens is 390 g/mol. The molecular formula is C24H15N5O2. The van der Waals surface area contributed by atoms with Crippen LogP contribution in [0.25, 0.3) is 33.6 Å². The summed E-state index contributed by atoms with van der Waals surface area (Å²) in [5, 5.41) is 14.3. The summed E-state index contributed by atoms with van der Waals surface area (Å²) in [7, 11) is 0. The first-order valence-corrected chi connectivity index (χ1v) is 9.52. The van der Waals surface area contributed by atoms with Crippen LogP contribution in [0.2, 0.25) is 0 Å². The predicted octanol–water partition coefficient (Wildman–Crippen LogP) is 4.61. The van der Waals surface area contributed by atoms with Gasteiger partial charge >= 0.3 is 0 Å². The molecule has 148 valence electrons. The van der Waals surface area contributed by atoms with Gasteiger partial charge in [-0.05, 0) is 42.5 Å². The van der Waals surface area contributed by atoms with Crippen molar-refractivity contribution in [2.24, 2.45) is 0 Å². The van der Waals surface area contributed by atoms with Crippen molar-refractivity contribution in [1.29, 1.82) is 5.26 Å². The molecule has 0 fully saturated rings. The maximum absolute atomic E-state index is 13.2. The second-order valence-corrected chi connectivity index (χ2v) is 6.83. The van der Waals surface area contributed by atoms with Crippen LogP contribution in [0, 0.1) is 11.3 Å². The molecule has 31 heavy (non-hydrogen) atoms. The van der Waals surface area contributed by atoms with Gasteiger partial charge in [0.05, 0.1) is 34.7 Å². The number of benzene rings is 2. The lowest BCUT2D eigenvalue weighted by Gasteiger charge is -2.11. The number of carbonyl (C=O) groups excluding carboxylic acids is 1. The Balaban J connectivity index is 1.54. The Morgan fingerprint density at radius 3 is 2.74 bits per heavy atom. The Labute approximate surface area is 177 Å². The van der Waals surface area contributed by atoms with Gasteiger partial charge in [-0.2, -0.15) is 10.1 Å². The molecule has 0 radical (unpaired) electrons. The maximum Gasteiger partial charge on any atom is 0.272 e. The molecule has 0 aliphatic heterocycles. The zero-order valence-electron chi connectivity index (χ0n) is 16.2. The summed E-state index contributed by atoms with van der Waals surface area (Å²) in [5.74, 6) is 0.285. The maximum atomic E-state index is 13.2. The number of fused-ring (bicyclic) bond motifs is 1. The van der Waals surface area contributed by atoms with Gasteiger partial charge in [0.1, 0.15) is 5.69 Å². The van der Waals surface area contributed by atoms with Crippen LogP contribution in [-0.4, -0.2) is 20.8 Å². The van der Waals surface area contributed by atoms with Crippen LogP contribution in [0.5, 0.6) is 0 Å². The fourth-order valence-corrected chi connectivity index (χ4v) is 3.37. The molecule has 3 heterocycles. The molecule has 5 rings (SSSR count). The topological polar surface area (TPSA) is 96.7 Å². The minimum atomic E-state index is -0.328. The summed E-state index contributed by atoms with van der Waals surface area (Å²) in [6.45, 7) is 0. The van der Waals surface area contributed by atoms with Gasteiger partial charge in [-0.15, -0.1) is 5.10 Å². The number of nitrogens with zero attached hydrogens (tertiary/aromatic N) is 4. The lowest BCUT2D eigenvalue weighted by Crippen LogP contribution is -2.23. The average Bonchev–Trinajstić information content (AvgIpc) is 3.50. The van der Waals surface area contributed by atoms with Crippen LogP contribution in [0.4, 0.5) is 0 Å². The highest BCUT2D eigenvalue weighted by Gasteiger charge is 2.15. The number of amides is 1. The van der Waals surface area contributed by atoms with Crippen LogP contribution in [0.1, 0.15) is 15.9 Å². The van der Waals surface area contributed by atoms with Gasteiger partial charge in [0, 0.05) is 17.1 Å². The van der Waals surface area contributed by atoms with E-state index in [1.807, 2.05) is 30.3 Å². The van der Waals surface area contributed by atoms with Gasteiger partial charge in [-0.25, -0.2) is 10.4 Å². The van der Waals surface area contributed by atoms with Crippen molar-refractivity contribution in [2.45, 2.75) is 0 Å². The first-order valence-electron chi connectivity index (χ1n) is 9.52. The fraction of sp³-hybridized carbons (Fsp3) is 0. The number of nitrogens with one attached hydrogen (secondary N) is 1. The number of furan rings is 1. The Morgan fingerprint density at radius 2 is 1.90 bits per heavy atom. The number of carbonyl (C=O) groups is 1. The van der Waals surface area contributed by atoms with E-state index in [0.717, 1.165) is 10.9 Å². The first kappa shape index (κ1) is 18.3. The molecule has 1 amide bonds. The molecule has 5 aromatic rings. The van der Waals surface area contributed by atoms with E-state index < -0.39 is 0 Å². The molecule has 7 nitrogen and oxygen atoms in total. The SMILES string of the molecule is N#Cc1cccc(-c2cc(C(=O)Nn3ccc(-c4ccco4)n3)c3ccccc3n2)c1. The third-order valence-corrected chi connectivity index (χ3v) is 4.83. The van der Waals surface area contributed by atoms with Crippen molar-refractivity contribution in [1.82, 2.24) is 14.9 Å². The molecule has 2 aromatic carbocycles. The van der Waals surface area contributed by atoms with Crippen LogP contribution < -0.4 is 5.43 Å². The smallest absolute Gasteiger partial charge is 0.272 e. The quantitative estimate of drug-likeness (QED) is 0.471. The summed E-state index contributed by atoms with van der Waals surface area (Å²) in [4.78, 5) is 19.2. The third-order valence-electron chi connectivity index (χ3n) is 4.83. The van der Waals surface area contributed by atoms with Crippen molar-refractivity contribution in [3.8, 4) is 28.8 Å². The summed E-state index contributed by atoms with van der Waals surface area (Å²) in [6, 6.07) is 23.8. The largest absolute Gasteiger partial charge is 0.463 e. The highest BCUT2D eigenvalue weighted by atomic mass is 16.3. The standard InChI is InChI=1S/C24H15N5O2/c25-15-16-5-3-6-17(13-16)22-14-19(18-7-1-2-8-20(18)26-22)24(30)28-29-11-10-21(27-29)23-9-4-12-31-23/h1-14H,(H,28,30). The monoisotopic (exact) mass is 405 g/mol.